The largest absolute Gasteiger partial charge is 0.292 e. The molecule has 0 saturated carbocycles. The Hall–Kier alpha value is -2.23. The highest BCUT2D eigenvalue weighted by Crippen LogP contribution is 2.34. The zero-order valence-corrected chi connectivity index (χ0v) is 11.0. The first kappa shape index (κ1) is 12.8. The molecule has 2 unspecified atom stereocenters. The van der Waals surface area contributed by atoms with Crippen LogP contribution in [0.3, 0.4) is 0 Å². The summed E-state index contributed by atoms with van der Waals surface area (Å²) in [5.41, 5.74) is 0.529. The number of Topliss-reactive ketones (excluding diaryl/α,β-unsaturated/α-hetero) is 1. The minimum absolute atomic E-state index is 0.144. The van der Waals surface area contributed by atoms with Gasteiger partial charge in [-0.3, -0.25) is 19.3 Å². The number of nitrogens with zero attached hydrogens (tertiary/aromatic N) is 1. The van der Waals surface area contributed by atoms with Gasteiger partial charge in [-0.05, 0) is 12.8 Å². The Labute approximate surface area is 117 Å². The Morgan fingerprint density at radius 1 is 1.00 bits per heavy atom. The van der Waals surface area contributed by atoms with E-state index in [0.717, 1.165) is 4.90 Å². The van der Waals surface area contributed by atoms with E-state index in [1.807, 2.05) is 18.2 Å². The van der Waals surface area contributed by atoms with Crippen molar-refractivity contribution in [2.45, 2.75) is 12.8 Å². The lowest BCUT2D eigenvalue weighted by Gasteiger charge is -2.14. The molecule has 1 aliphatic carbocycles. The summed E-state index contributed by atoms with van der Waals surface area (Å²) in [6.07, 6.45) is 5.08. The van der Waals surface area contributed by atoms with E-state index in [4.69, 9.17) is 0 Å². The topological polar surface area (TPSA) is 54.5 Å². The number of rotatable bonds is 3. The van der Waals surface area contributed by atoms with E-state index in [1.54, 1.807) is 24.3 Å². The van der Waals surface area contributed by atoms with Gasteiger partial charge >= 0.3 is 0 Å². The minimum atomic E-state index is -0.268. The molecule has 1 heterocycles. The Bertz CT molecular complexity index is 565. The third kappa shape index (κ3) is 2.07. The molecule has 0 spiro atoms. The minimum Gasteiger partial charge on any atom is -0.292 e. The van der Waals surface area contributed by atoms with E-state index in [2.05, 4.69) is 0 Å². The zero-order valence-electron chi connectivity index (χ0n) is 11.0. The van der Waals surface area contributed by atoms with E-state index < -0.39 is 0 Å². The van der Waals surface area contributed by atoms with Gasteiger partial charge < -0.3 is 0 Å². The van der Waals surface area contributed by atoms with Crippen LogP contribution in [0.5, 0.6) is 0 Å². The highest BCUT2D eigenvalue weighted by atomic mass is 16.2. The molecule has 102 valence electrons. The normalized spacial score (nSPS) is 24.9. The van der Waals surface area contributed by atoms with Crippen molar-refractivity contribution in [2.24, 2.45) is 11.8 Å². The Morgan fingerprint density at radius 3 is 2.10 bits per heavy atom. The molecule has 2 aliphatic rings. The van der Waals surface area contributed by atoms with Crippen molar-refractivity contribution >= 4 is 17.6 Å². The van der Waals surface area contributed by atoms with Crippen LogP contribution in [0.15, 0.2) is 42.5 Å². The predicted molar refractivity (Wildman–Crippen MR) is 72.8 cm³/mol. The van der Waals surface area contributed by atoms with Crippen LogP contribution in [0.4, 0.5) is 0 Å². The molecular weight excluding hydrogens is 254 g/mol. The van der Waals surface area contributed by atoms with Gasteiger partial charge in [0.25, 0.3) is 0 Å². The van der Waals surface area contributed by atoms with E-state index in [9.17, 15) is 14.4 Å². The molecule has 1 aliphatic heterocycles. The highest BCUT2D eigenvalue weighted by molar-refractivity contribution is 6.10. The second kappa shape index (κ2) is 5.04. The van der Waals surface area contributed by atoms with Gasteiger partial charge in [-0.25, -0.2) is 0 Å². The molecule has 4 heteroatoms. The average molecular weight is 269 g/mol. The van der Waals surface area contributed by atoms with Crippen LogP contribution < -0.4 is 0 Å². The first-order valence-corrected chi connectivity index (χ1v) is 6.77. The number of benzene rings is 1. The average Bonchev–Trinajstić information content (AvgIpc) is 2.74. The maximum atomic E-state index is 12.2. The first-order valence-electron chi connectivity index (χ1n) is 6.77. The molecule has 0 bridgehead atoms. The molecule has 1 aromatic carbocycles. The molecule has 1 fully saturated rings. The highest BCUT2D eigenvalue weighted by Gasteiger charge is 2.47. The molecule has 2 amide bonds. The third-order valence-corrected chi connectivity index (χ3v) is 4.00. The number of carbonyl (C=O) groups excluding carboxylic acids is 3. The van der Waals surface area contributed by atoms with Gasteiger partial charge in [0.05, 0.1) is 18.4 Å². The fraction of sp³-hybridized carbons (Fsp3) is 0.312. The summed E-state index contributed by atoms with van der Waals surface area (Å²) in [5, 5.41) is 0. The number of allylic oxidation sites excluding steroid dienone is 2. The molecule has 2 atom stereocenters. The van der Waals surface area contributed by atoms with Crippen molar-refractivity contribution < 1.29 is 14.4 Å². The van der Waals surface area contributed by atoms with Crippen molar-refractivity contribution in [2.75, 3.05) is 6.54 Å². The van der Waals surface area contributed by atoms with Crippen molar-refractivity contribution in [3.05, 3.63) is 48.0 Å². The summed E-state index contributed by atoms with van der Waals surface area (Å²) in [5.74, 6) is -1.13. The molecule has 4 nitrogen and oxygen atoms in total. The Balaban J connectivity index is 1.77. The summed E-state index contributed by atoms with van der Waals surface area (Å²) < 4.78 is 0. The monoisotopic (exact) mass is 269 g/mol. The van der Waals surface area contributed by atoms with E-state index in [1.165, 1.54) is 0 Å². The van der Waals surface area contributed by atoms with Crippen LogP contribution in [0.25, 0.3) is 0 Å². The molecule has 20 heavy (non-hydrogen) atoms. The maximum absolute atomic E-state index is 12.2. The van der Waals surface area contributed by atoms with Crippen molar-refractivity contribution in [1.82, 2.24) is 4.90 Å². The van der Waals surface area contributed by atoms with Crippen LogP contribution >= 0.6 is 0 Å². The van der Waals surface area contributed by atoms with Gasteiger partial charge in [-0.1, -0.05) is 42.5 Å². The van der Waals surface area contributed by atoms with Crippen LogP contribution in [-0.4, -0.2) is 29.0 Å². The Morgan fingerprint density at radius 2 is 1.55 bits per heavy atom. The number of ketones is 1. The van der Waals surface area contributed by atoms with Gasteiger partial charge in [0, 0.05) is 5.56 Å². The number of amides is 2. The summed E-state index contributed by atoms with van der Waals surface area (Å²) in [6, 6.07) is 8.75. The SMILES string of the molecule is O=C(CN1C(=O)C2CC=CCC2C1=O)c1ccccc1. The lowest BCUT2D eigenvalue weighted by atomic mass is 9.85. The number of hydrogen-bond acceptors (Lipinski definition) is 3. The maximum Gasteiger partial charge on any atom is 0.233 e. The van der Waals surface area contributed by atoms with E-state index in [-0.39, 0.29) is 36.0 Å². The molecule has 0 aromatic heterocycles. The summed E-state index contributed by atoms with van der Waals surface area (Å²) >= 11 is 0. The quantitative estimate of drug-likeness (QED) is 0.478. The first-order chi connectivity index (χ1) is 9.68. The van der Waals surface area contributed by atoms with Crippen molar-refractivity contribution in [3.8, 4) is 0 Å². The van der Waals surface area contributed by atoms with E-state index >= 15 is 0 Å². The van der Waals surface area contributed by atoms with Gasteiger partial charge in [0.15, 0.2) is 5.78 Å². The number of hydrogen-bond donors (Lipinski definition) is 0. The van der Waals surface area contributed by atoms with E-state index in [0.29, 0.717) is 18.4 Å². The van der Waals surface area contributed by atoms with Gasteiger partial charge in [-0.2, -0.15) is 0 Å². The fourth-order valence-corrected chi connectivity index (χ4v) is 2.88. The molecule has 1 aromatic rings. The summed E-state index contributed by atoms with van der Waals surface area (Å²) in [6.45, 7) is -0.144. The second-order valence-electron chi connectivity index (χ2n) is 5.21. The number of imide groups is 1. The van der Waals surface area contributed by atoms with Crippen LogP contribution in [0.2, 0.25) is 0 Å². The van der Waals surface area contributed by atoms with Crippen LogP contribution in [0, 0.1) is 11.8 Å². The third-order valence-electron chi connectivity index (χ3n) is 4.00. The smallest absolute Gasteiger partial charge is 0.233 e. The fourth-order valence-electron chi connectivity index (χ4n) is 2.88. The standard InChI is InChI=1S/C16H15NO3/c18-14(11-6-2-1-3-7-11)10-17-15(19)12-8-4-5-9-13(12)16(17)20/h1-7,12-13H,8-10H2. The molecule has 0 radical (unpaired) electrons. The van der Waals surface area contributed by atoms with Gasteiger partial charge in [0.2, 0.25) is 11.8 Å². The predicted octanol–water partition coefficient (Wildman–Crippen LogP) is 1.82. The summed E-state index contributed by atoms with van der Waals surface area (Å²) in [4.78, 5) is 37.7. The molecule has 1 saturated heterocycles. The lowest BCUT2D eigenvalue weighted by molar-refractivity contribution is -0.139. The van der Waals surface area contributed by atoms with Crippen LogP contribution in [0.1, 0.15) is 23.2 Å². The zero-order chi connectivity index (χ0) is 14.1. The van der Waals surface area contributed by atoms with Crippen molar-refractivity contribution in [3.63, 3.8) is 0 Å². The van der Waals surface area contributed by atoms with Crippen LogP contribution in [-0.2, 0) is 9.59 Å². The number of fused-ring (bicyclic) bond motifs is 1. The van der Waals surface area contributed by atoms with Gasteiger partial charge in [0.1, 0.15) is 0 Å². The van der Waals surface area contributed by atoms with Crippen molar-refractivity contribution in [1.29, 1.82) is 0 Å². The summed E-state index contributed by atoms with van der Waals surface area (Å²) in [7, 11) is 0. The molecule has 3 rings (SSSR count). The lowest BCUT2D eigenvalue weighted by Crippen LogP contribution is -2.36. The number of likely N-dealkylation sites (tertiary alicyclic amines) is 1. The Kier molecular flexibility index (Phi) is 3.22. The molecular formula is C16H15NO3. The van der Waals surface area contributed by atoms with Gasteiger partial charge in [-0.15, -0.1) is 0 Å². The number of carbonyl (C=O) groups is 3. The molecule has 0 N–H and O–H groups in total. The second-order valence-corrected chi connectivity index (χ2v) is 5.21.